The summed E-state index contributed by atoms with van der Waals surface area (Å²) < 4.78 is 16.8. The highest BCUT2D eigenvalue weighted by molar-refractivity contribution is 7.85. The van der Waals surface area contributed by atoms with Crippen molar-refractivity contribution in [3.8, 4) is 5.88 Å². The zero-order valence-corrected chi connectivity index (χ0v) is 11.3. The molecule has 0 radical (unpaired) electrons. The van der Waals surface area contributed by atoms with Gasteiger partial charge in [-0.15, -0.1) is 0 Å². The molecule has 8 heteroatoms. The van der Waals surface area contributed by atoms with E-state index in [-0.39, 0.29) is 11.9 Å². The second kappa shape index (κ2) is 4.76. The molecule has 1 aromatic heterocycles. The molecule has 0 aliphatic carbocycles. The highest BCUT2D eigenvalue weighted by Gasteiger charge is 2.35. The zero-order chi connectivity index (χ0) is 13.4. The van der Waals surface area contributed by atoms with E-state index in [9.17, 15) is 9.00 Å². The molecule has 2 aliphatic heterocycles. The number of methoxy groups -OCH3 is 1. The molecule has 1 fully saturated rings. The van der Waals surface area contributed by atoms with E-state index in [2.05, 4.69) is 15.3 Å². The van der Waals surface area contributed by atoms with Gasteiger partial charge in [-0.2, -0.15) is 4.98 Å². The zero-order valence-electron chi connectivity index (χ0n) is 10.5. The van der Waals surface area contributed by atoms with Crippen LogP contribution in [0.4, 0.5) is 11.5 Å². The van der Waals surface area contributed by atoms with Crippen molar-refractivity contribution in [3.05, 3.63) is 6.33 Å². The highest BCUT2D eigenvalue weighted by atomic mass is 32.2. The molecule has 0 aromatic carbocycles. The second-order valence-corrected chi connectivity index (χ2v) is 6.11. The number of carbonyl (C=O) groups is 1. The molecule has 1 saturated heterocycles. The molecule has 1 amide bonds. The number of amides is 1. The van der Waals surface area contributed by atoms with Gasteiger partial charge in [-0.05, 0) is 0 Å². The van der Waals surface area contributed by atoms with Gasteiger partial charge in [0.15, 0.2) is 5.82 Å². The van der Waals surface area contributed by atoms with Gasteiger partial charge >= 0.3 is 0 Å². The van der Waals surface area contributed by atoms with Crippen molar-refractivity contribution in [2.24, 2.45) is 0 Å². The van der Waals surface area contributed by atoms with Gasteiger partial charge in [-0.1, -0.05) is 0 Å². The number of ether oxygens (including phenoxy) is 1. The molecule has 0 spiro atoms. The standard InChI is InChI=1S/C11H14N4O3S/c1-18-11-9-10(12-6-13-11)15-2-3-19(17)5-7(15)4-8(16)14-9/h6-7H,2-5H2,1H3,(H,14,16). The maximum absolute atomic E-state index is 11.9. The first kappa shape index (κ1) is 12.3. The quantitative estimate of drug-likeness (QED) is 0.765. The first-order valence-electron chi connectivity index (χ1n) is 5.99. The van der Waals surface area contributed by atoms with Crippen LogP contribution in [-0.4, -0.2) is 51.3 Å². The molecule has 7 nitrogen and oxygen atoms in total. The predicted octanol–water partition coefficient (Wildman–Crippen LogP) is -0.235. The van der Waals surface area contributed by atoms with Gasteiger partial charge in [-0.25, -0.2) is 4.98 Å². The van der Waals surface area contributed by atoms with Gasteiger partial charge in [0.2, 0.25) is 11.8 Å². The number of carbonyl (C=O) groups excluding carboxylic acids is 1. The average Bonchev–Trinajstić information content (AvgIpc) is 2.53. The van der Waals surface area contributed by atoms with Gasteiger partial charge in [0.05, 0.1) is 13.2 Å². The molecule has 0 saturated carbocycles. The Morgan fingerprint density at radius 2 is 2.37 bits per heavy atom. The Bertz CT molecular complexity index is 551. The molecular weight excluding hydrogens is 268 g/mol. The molecule has 1 aromatic rings. The van der Waals surface area contributed by atoms with Crippen LogP contribution in [0.25, 0.3) is 0 Å². The first-order valence-corrected chi connectivity index (χ1v) is 7.48. The Hall–Kier alpha value is -1.70. The molecule has 2 aliphatic rings. The van der Waals surface area contributed by atoms with Crippen molar-refractivity contribution in [2.45, 2.75) is 12.5 Å². The molecule has 102 valence electrons. The molecule has 3 rings (SSSR count). The van der Waals surface area contributed by atoms with Crippen LogP contribution in [0.2, 0.25) is 0 Å². The van der Waals surface area contributed by atoms with Crippen LogP contribution in [0.1, 0.15) is 6.42 Å². The summed E-state index contributed by atoms with van der Waals surface area (Å²) in [6.45, 7) is 0.624. The summed E-state index contributed by atoms with van der Waals surface area (Å²) in [6, 6.07) is -0.0737. The number of anilines is 2. The van der Waals surface area contributed by atoms with E-state index in [0.29, 0.717) is 41.9 Å². The summed E-state index contributed by atoms with van der Waals surface area (Å²) in [5.41, 5.74) is 0.505. The Morgan fingerprint density at radius 3 is 3.16 bits per heavy atom. The first-order chi connectivity index (χ1) is 9.19. The number of nitrogens with zero attached hydrogens (tertiary/aromatic N) is 3. The minimum atomic E-state index is -0.861. The third kappa shape index (κ3) is 2.16. The van der Waals surface area contributed by atoms with Crippen LogP contribution >= 0.6 is 0 Å². The lowest BCUT2D eigenvalue weighted by atomic mass is 10.2. The van der Waals surface area contributed by atoms with E-state index in [1.807, 2.05) is 4.90 Å². The summed E-state index contributed by atoms with van der Waals surface area (Å²) in [4.78, 5) is 22.2. The fourth-order valence-electron chi connectivity index (χ4n) is 2.47. The maximum Gasteiger partial charge on any atom is 0.242 e. The molecule has 2 unspecified atom stereocenters. The molecule has 0 bridgehead atoms. The fourth-order valence-corrected chi connectivity index (χ4v) is 3.76. The molecule has 3 heterocycles. The van der Waals surface area contributed by atoms with Crippen molar-refractivity contribution < 1.29 is 13.7 Å². The average molecular weight is 282 g/mol. The van der Waals surface area contributed by atoms with E-state index in [1.165, 1.54) is 13.4 Å². The molecular formula is C11H14N4O3S. The van der Waals surface area contributed by atoms with Crippen molar-refractivity contribution in [2.75, 3.05) is 35.4 Å². The smallest absolute Gasteiger partial charge is 0.242 e. The Labute approximate surface area is 112 Å². The van der Waals surface area contributed by atoms with E-state index in [1.54, 1.807) is 0 Å². The SMILES string of the molecule is COc1ncnc2c1NC(=O)CC1CS(=O)CCN21. The van der Waals surface area contributed by atoms with E-state index in [4.69, 9.17) is 4.74 Å². The number of hydrogen-bond donors (Lipinski definition) is 1. The summed E-state index contributed by atoms with van der Waals surface area (Å²) in [6.07, 6.45) is 1.73. The van der Waals surface area contributed by atoms with Crippen LogP contribution in [0.3, 0.4) is 0 Å². The van der Waals surface area contributed by atoms with Crippen molar-refractivity contribution in [1.29, 1.82) is 0 Å². The topological polar surface area (TPSA) is 84.4 Å². The maximum atomic E-state index is 11.9. The highest BCUT2D eigenvalue weighted by Crippen LogP contribution is 2.36. The van der Waals surface area contributed by atoms with Gasteiger partial charge in [0.25, 0.3) is 0 Å². The summed E-state index contributed by atoms with van der Waals surface area (Å²) in [7, 11) is 0.641. The molecule has 19 heavy (non-hydrogen) atoms. The summed E-state index contributed by atoms with van der Waals surface area (Å²) >= 11 is 0. The third-order valence-corrected chi connectivity index (χ3v) is 4.72. The minimum Gasteiger partial charge on any atom is -0.479 e. The fraction of sp³-hybridized carbons (Fsp3) is 0.545. The number of rotatable bonds is 1. The van der Waals surface area contributed by atoms with Gasteiger partial charge in [0, 0.05) is 35.3 Å². The Kier molecular flexibility index (Phi) is 3.09. The monoisotopic (exact) mass is 282 g/mol. The van der Waals surface area contributed by atoms with Crippen LogP contribution in [0, 0.1) is 0 Å². The van der Waals surface area contributed by atoms with E-state index in [0.717, 1.165) is 0 Å². The molecule has 1 N–H and O–H groups in total. The number of hydrogen-bond acceptors (Lipinski definition) is 6. The minimum absolute atomic E-state index is 0.0737. The molecule has 2 atom stereocenters. The lowest BCUT2D eigenvalue weighted by Crippen LogP contribution is -2.47. The van der Waals surface area contributed by atoms with Crippen LogP contribution in [0.15, 0.2) is 6.33 Å². The summed E-state index contributed by atoms with van der Waals surface area (Å²) in [5.74, 6) is 1.97. The number of nitrogens with one attached hydrogen (secondary N) is 1. The van der Waals surface area contributed by atoms with Crippen molar-refractivity contribution in [3.63, 3.8) is 0 Å². The lowest BCUT2D eigenvalue weighted by Gasteiger charge is -2.34. The third-order valence-electron chi connectivity index (χ3n) is 3.32. The predicted molar refractivity (Wildman–Crippen MR) is 70.8 cm³/mol. The van der Waals surface area contributed by atoms with Crippen molar-refractivity contribution >= 4 is 28.2 Å². The van der Waals surface area contributed by atoms with E-state index >= 15 is 0 Å². The lowest BCUT2D eigenvalue weighted by molar-refractivity contribution is -0.116. The Balaban J connectivity index is 2.07. The van der Waals surface area contributed by atoms with Crippen LogP contribution in [-0.2, 0) is 15.6 Å². The van der Waals surface area contributed by atoms with Crippen molar-refractivity contribution in [1.82, 2.24) is 9.97 Å². The largest absolute Gasteiger partial charge is 0.479 e. The number of aromatic nitrogens is 2. The number of fused-ring (bicyclic) bond motifs is 3. The second-order valence-electron chi connectivity index (χ2n) is 4.49. The Morgan fingerprint density at radius 1 is 1.53 bits per heavy atom. The van der Waals surface area contributed by atoms with Gasteiger partial charge < -0.3 is 15.0 Å². The summed E-state index contributed by atoms with van der Waals surface area (Å²) in [5, 5.41) is 2.78. The van der Waals surface area contributed by atoms with Gasteiger partial charge in [0.1, 0.15) is 12.0 Å². The van der Waals surface area contributed by atoms with Gasteiger partial charge in [-0.3, -0.25) is 9.00 Å². The van der Waals surface area contributed by atoms with Crippen LogP contribution < -0.4 is 15.0 Å². The van der Waals surface area contributed by atoms with Crippen LogP contribution in [0.5, 0.6) is 5.88 Å². The van der Waals surface area contributed by atoms with E-state index < -0.39 is 10.8 Å². The normalized spacial score (nSPS) is 25.9.